The molecule has 0 spiro atoms. The number of rotatable bonds is 8. The summed E-state index contributed by atoms with van der Waals surface area (Å²) in [4.78, 5) is 28.5. The van der Waals surface area contributed by atoms with E-state index in [1.54, 1.807) is 24.3 Å². The van der Waals surface area contributed by atoms with Gasteiger partial charge in [-0.3, -0.25) is 9.59 Å². The summed E-state index contributed by atoms with van der Waals surface area (Å²) in [6.07, 6.45) is 0. The second-order valence-corrected chi connectivity index (χ2v) is 17.6. The molecule has 10 aromatic carbocycles. The highest BCUT2D eigenvalue weighted by Crippen LogP contribution is 2.56. The Morgan fingerprint density at radius 2 is 0.685 bits per heavy atom. The molecule has 1 aliphatic carbocycles. The van der Waals surface area contributed by atoms with E-state index < -0.39 is 17.2 Å². The van der Waals surface area contributed by atoms with Crippen LogP contribution in [0.4, 0.5) is 11.4 Å². The molecule has 0 atom stereocenters. The highest BCUT2D eigenvalue weighted by molar-refractivity contribution is 6.08. The fraction of sp³-hybridized carbons (Fsp3) is 0.0149. The van der Waals surface area contributed by atoms with Gasteiger partial charge >= 0.3 is 0 Å². The SMILES string of the molecule is O=C(Nc1ccc(C2(c3ccc(NC(=O)c4ccc(-c5ccccc5)c(O)c4C#Cc4ccccc4)cc3)c3ccccc3-c3ccccc32)cc1)c1ccc(-c2ccccc2)c(O)c1C#Cc1ccccc1. The molecule has 11 rings (SSSR count). The average molecular weight is 941 g/mol. The van der Waals surface area contributed by atoms with Gasteiger partial charge in [-0.15, -0.1) is 0 Å². The lowest BCUT2D eigenvalue weighted by Crippen LogP contribution is -2.28. The molecule has 0 unspecified atom stereocenters. The number of nitrogens with one attached hydrogen (secondary N) is 2. The van der Waals surface area contributed by atoms with Gasteiger partial charge in [-0.2, -0.15) is 0 Å². The number of anilines is 2. The fourth-order valence-corrected chi connectivity index (χ4v) is 9.86. The highest BCUT2D eigenvalue weighted by atomic mass is 16.3. The second-order valence-electron chi connectivity index (χ2n) is 17.6. The number of carbonyl (C=O) groups excluding carboxylic acids is 2. The lowest BCUT2D eigenvalue weighted by Gasteiger charge is -2.34. The smallest absolute Gasteiger partial charge is 0.257 e. The van der Waals surface area contributed by atoms with E-state index in [1.165, 1.54) is 0 Å². The van der Waals surface area contributed by atoms with Crippen molar-refractivity contribution in [3.05, 3.63) is 298 Å². The van der Waals surface area contributed by atoms with Gasteiger partial charge < -0.3 is 20.8 Å². The maximum atomic E-state index is 14.3. The lowest BCUT2D eigenvalue weighted by molar-refractivity contribution is 0.101. The molecule has 0 bridgehead atoms. The van der Waals surface area contributed by atoms with Crippen molar-refractivity contribution in [2.24, 2.45) is 0 Å². The number of phenolic OH excluding ortho intramolecular Hbond substituents is 2. The number of hydrogen-bond acceptors (Lipinski definition) is 4. The van der Waals surface area contributed by atoms with Gasteiger partial charge in [-0.05, 0) is 117 Å². The molecule has 0 fully saturated rings. The molecule has 10 aromatic rings. The van der Waals surface area contributed by atoms with Crippen molar-refractivity contribution < 1.29 is 19.8 Å². The van der Waals surface area contributed by atoms with E-state index in [9.17, 15) is 19.8 Å². The van der Waals surface area contributed by atoms with E-state index in [0.29, 0.717) is 22.5 Å². The molecular formula is C67H44N2O4. The van der Waals surface area contributed by atoms with Crippen molar-refractivity contribution in [2.45, 2.75) is 5.41 Å². The van der Waals surface area contributed by atoms with Crippen LogP contribution in [-0.4, -0.2) is 22.0 Å². The zero-order valence-electron chi connectivity index (χ0n) is 39.3. The van der Waals surface area contributed by atoms with Crippen LogP contribution in [0.2, 0.25) is 0 Å². The van der Waals surface area contributed by atoms with E-state index in [1.807, 2.05) is 182 Å². The first-order valence-corrected chi connectivity index (χ1v) is 23.9. The third-order valence-corrected chi connectivity index (χ3v) is 13.3. The monoisotopic (exact) mass is 940 g/mol. The van der Waals surface area contributed by atoms with Crippen LogP contribution in [0.1, 0.15) is 65.2 Å². The molecule has 6 nitrogen and oxygen atoms in total. The first-order chi connectivity index (χ1) is 35.9. The zero-order valence-corrected chi connectivity index (χ0v) is 39.3. The van der Waals surface area contributed by atoms with E-state index in [-0.39, 0.29) is 33.8 Å². The van der Waals surface area contributed by atoms with Gasteiger partial charge in [0.2, 0.25) is 0 Å². The Labute approximate surface area is 424 Å². The van der Waals surface area contributed by atoms with Gasteiger partial charge in [0, 0.05) is 33.6 Å². The summed E-state index contributed by atoms with van der Waals surface area (Å²) in [5.74, 6) is 11.5. The van der Waals surface area contributed by atoms with Gasteiger partial charge in [0.15, 0.2) is 0 Å². The molecule has 0 aliphatic heterocycles. The maximum Gasteiger partial charge on any atom is 0.257 e. The maximum absolute atomic E-state index is 14.3. The summed E-state index contributed by atoms with van der Waals surface area (Å²) in [6, 6.07) is 77.5. The summed E-state index contributed by atoms with van der Waals surface area (Å²) in [5.41, 5.74) is 11.9. The molecule has 73 heavy (non-hydrogen) atoms. The van der Waals surface area contributed by atoms with Crippen molar-refractivity contribution >= 4 is 23.2 Å². The van der Waals surface area contributed by atoms with Gasteiger partial charge in [-0.25, -0.2) is 0 Å². The van der Waals surface area contributed by atoms with E-state index in [0.717, 1.165) is 55.6 Å². The first-order valence-electron chi connectivity index (χ1n) is 23.9. The standard InChI is InChI=1S/C67H44N2O4/c70-63-53(47-21-9-3-10-22-47)41-43-59(57(63)39-29-45-17-5-1-6-18-45)65(72)68-51-35-31-49(32-36-51)67(61-27-15-13-25-55(61)56-26-14-16-28-62(56)67)50-33-37-52(38-34-50)69-66(73)60-44-42-54(48-23-11-4-12-24-48)64(71)58(60)40-30-46-19-7-2-8-20-46/h1-28,31-38,41-44,70-71H,(H,68,72)(H,69,73). The summed E-state index contributed by atoms with van der Waals surface area (Å²) in [7, 11) is 0. The quantitative estimate of drug-likeness (QED) is 0.114. The van der Waals surface area contributed by atoms with Gasteiger partial charge in [0.1, 0.15) is 11.5 Å². The predicted octanol–water partition coefficient (Wildman–Crippen LogP) is 14.1. The normalized spacial score (nSPS) is 11.7. The molecule has 4 N–H and O–H groups in total. The van der Waals surface area contributed by atoms with Crippen LogP contribution in [0.3, 0.4) is 0 Å². The average Bonchev–Trinajstić information content (AvgIpc) is 3.74. The molecule has 6 heteroatoms. The Kier molecular flexibility index (Phi) is 12.2. The molecule has 0 radical (unpaired) electrons. The summed E-state index contributed by atoms with van der Waals surface area (Å²) < 4.78 is 0. The number of benzene rings is 10. The zero-order chi connectivity index (χ0) is 49.7. The molecular weight excluding hydrogens is 897 g/mol. The van der Waals surface area contributed by atoms with E-state index in [2.05, 4.69) is 70.7 Å². The topological polar surface area (TPSA) is 98.7 Å². The molecule has 0 saturated heterocycles. The lowest BCUT2D eigenvalue weighted by atomic mass is 9.67. The van der Waals surface area contributed by atoms with Crippen LogP contribution in [0.25, 0.3) is 33.4 Å². The van der Waals surface area contributed by atoms with Crippen LogP contribution < -0.4 is 10.6 Å². The minimum absolute atomic E-state index is 0.0709. The highest BCUT2D eigenvalue weighted by Gasteiger charge is 2.46. The number of phenols is 2. The third kappa shape index (κ3) is 8.67. The molecule has 346 valence electrons. The third-order valence-electron chi connectivity index (χ3n) is 13.3. The number of carbonyl (C=O) groups is 2. The number of hydrogen-bond donors (Lipinski definition) is 4. The van der Waals surface area contributed by atoms with E-state index in [4.69, 9.17) is 0 Å². The molecule has 0 heterocycles. The van der Waals surface area contributed by atoms with Gasteiger partial charge in [0.05, 0.1) is 27.7 Å². The number of fused-ring (bicyclic) bond motifs is 3. The molecule has 1 aliphatic rings. The van der Waals surface area contributed by atoms with Crippen LogP contribution in [-0.2, 0) is 5.41 Å². The van der Waals surface area contributed by atoms with Crippen LogP contribution in [0, 0.1) is 23.7 Å². The molecule has 0 saturated carbocycles. The van der Waals surface area contributed by atoms with Gasteiger partial charge in [-0.1, -0.05) is 194 Å². The Bertz CT molecular complexity index is 3580. The van der Waals surface area contributed by atoms with Gasteiger partial charge in [0.25, 0.3) is 11.8 Å². The van der Waals surface area contributed by atoms with Crippen molar-refractivity contribution in [3.63, 3.8) is 0 Å². The van der Waals surface area contributed by atoms with Crippen LogP contribution in [0.15, 0.2) is 243 Å². The Morgan fingerprint density at radius 3 is 1.07 bits per heavy atom. The van der Waals surface area contributed by atoms with Crippen molar-refractivity contribution in [3.8, 4) is 68.6 Å². The number of amides is 2. The summed E-state index contributed by atoms with van der Waals surface area (Å²) in [6.45, 7) is 0. The second kappa shape index (κ2) is 19.7. The van der Waals surface area contributed by atoms with Crippen LogP contribution in [0.5, 0.6) is 11.5 Å². The number of aromatic hydroxyl groups is 2. The van der Waals surface area contributed by atoms with Crippen molar-refractivity contribution in [1.82, 2.24) is 0 Å². The van der Waals surface area contributed by atoms with Crippen molar-refractivity contribution in [2.75, 3.05) is 10.6 Å². The van der Waals surface area contributed by atoms with E-state index >= 15 is 0 Å². The Balaban J connectivity index is 0.931. The minimum atomic E-state index is -0.781. The Hall–Kier alpha value is -10.1. The summed E-state index contributed by atoms with van der Waals surface area (Å²) >= 11 is 0. The largest absolute Gasteiger partial charge is 0.506 e. The van der Waals surface area contributed by atoms with Crippen molar-refractivity contribution in [1.29, 1.82) is 0 Å². The fourth-order valence-electron chi connectivity index (χ4n) is 9.86. The Morgan fingerprint density at radius 1 is 0.342 bits per heavy atom. The first kappa shape index (κ1) is 45.3. The predicted molar refractivity (Wildman–Crippen MR) is 292 cm³/mol. The molecule has 0 aromatic heterocycles. The van der Waals surface area contributed by atoms with Crippen LogP contribution >= 0.6 is 0 Å². The minimum Gasteiger partial charge on any atom is -0.506 e. The summed E-state index contributed by atoms with van der Waals surface area (Å²) in [5, 5.41) is 29.5. The molecule has 2 amide bonds.